The lowest BCUT2D eigenvalue weighted by molar-refractivity contribution is -0.120. The highest BCUT2D eigenvalue weighted by Gasteiger charge is 2.27. The minimum atomic E-state index is 0.802. The van der Waals surface area contributed by atoms with E-state index >= 15 is 0 Å². The van der Waals surface area contributed by atoms with Gasteiger partial charge in [0.05, 0.1) is 0 Å². The first-order chi connectivity index (χ1) is 7.83. The number of nitrogens with zero attached hydrogens (tertiary/aromatic N) is 2. The van der Waals surface area contributed by atoms with Gasteiger partial charge in [-0.1, -0.05) is 13.3 Å². The van der Waals surface area contributed by atoms with E-state index in [9.17, 15) is 4.79 Å². The summed E-state index contributed by atoms with van der Waals surface area (Å²) in [5, 5.41) is 0. The van der Waals surface area contributed by atoms with Crippen LogP contribution in [0.1, 0.15) is 39.0 Å². The summed E-state index contributed by atoms with van der Waals surface area (Å²) >= 11 is 0. The highest BCUT2D eigenvalue weighted by Crippen LogP contribution is 2.29. The van der Waals surface area contributed by atoms with Gasteiger partial charge >= 0.3 is 0 Å². The summed E-state index contributed by atoms with van der Waals surface area (Å²) in [5.41, 5.74) is 0. The highest BCUT2D eigenvalue weighted by atomic mass is 16.1. The molecule has 0 aromatic heterocycles. The molecule has 2 aliphatic rings. The average molecular weight is 224 g/mol. The number of piperazine rings is 1. The van der Waals surface area contributed by atoms with Crippen molar-refractivity contribution in [2.75, 3.05) is 26.2 Å². The molecule has 1 heterocycles. The normalized spacial score (nSPS) is 32.7. The van der Waals surface area contributed by atoms with Crippen LogP contribution < -0.4 is 0 Å². The molecule has 16 heavy (non-hydrogen) atoms. The first-order valence-electron chi connectivity index (χ1n) is 6.77. The molecule has 0 unspecified atom stereocenters. The number of carbonyl (C=O) groups excluding carboxylic acids is 1. The summed E-state index contributed by atoms with van der Waals surface area (Å²) in [7, 11) is 0. The third kappa shape index (κ3) is 2.76. The van der Waals surface area contributed by atoms with Gasteiger partial charge in [0.15, 0.2) is 0 Å². The van der Waals surface area contributed by atoms with Crippen molar-refractivity contribution in [3.05, 3.63) is 0 Å². The molecular formula is C13H24N2O. The molecular weight excluding hydrogens is 200 g/mol. The summed E-state index contributed by atoms with van der Waals surface area (Å²) in [6.07, 6.45) is 7.92. The van der Waals surface area contributed by atoms with Crippen LogP contribution in [0.2, 0.25) is 0 Å². The average Bonchev–Trinajstić information content (AvgIpc) is 2.39. The third-order valence-corrected chi connectivity index (χ3v) is 4.41. The Morgan fingerprint density at radius 1 is 1.06 bits per heavy atom. The Morgan fingerprint density at radius 3 is 2.19 bits per heavy atom. The predicted molar refractivity (Wildman–Crippen MR) is 65.2 cm³/mol. The van der Waals surface area contributed by atoms with Crippen molar-refractivity contribution in [3.8, 4) is 0 Å². The molecule has 0 aromatic carbocycles. The van der Waals surface area contributed by atoms with Gasteiger partial charge in [-0.3, -0.25) is 9.69 Å². The van der Waals surface area contributed by atoms with E-state index in [1.165, 1.54) is 32.1 Å². The van der Waals surface area contributed by atoms with Gasteiger partial charge in [0.25, 0.3) is 0 Å². The van der Waals surface area contributed by atoms with E-state index in [4.69, 9.17) is 0 Å². The lowest BCUT2D eigenvalue weighted by Crippen LogP contribution is -2.50. The molecule has 2 rings (SSSR count). The first kappa shape index (κ1) is 11.9. The van der Waals surface area contributed by atoms with Gasteiger partial charge in [-0.25, -0.2) is 0 Å². The Kier molecular flexibility index (Phi) is 4.22. The molecule has 92 valence electrons. The van der Waals surface area contributed by atoms with E-state index in [1.807, 2.05) is 4.90 Å². The fraction of sp³-hybridized carbons (Fsp3) is 0.923. The number of carbonyl (C=O) groups is 1. The lowest BCUT2D eigenvalue weighted by atomic mass is 9.84. The Balaban J connectivity index is 1.75. The van der Waals surface area contributed by atoms with E-state index in [1.54, 1.807) is 0 Å². The van der Waals surface area contributed by atoms with E-state index in [-0.39, 0.29) is 0 Å². The van der Waals surface area contributed by atoms with Crippen molar-refractivity contribution >= 4 is 6.41 Å². The Morgan fingerprint density at radius 2 is 1.69 bits per heavy atom. The standard InChI is InChI=1S/C13H24N2O/c1-2-12-3-5-13(6-4-12)15-9-7-14(11-16)8-10-15/h11-13H,2-10H2,1H3. The van der Waals surface area contributed by atoms with Crippen LogP contribution in [-0.4, -0.2) is 48.4 Å². The summed E-state index contributed by atoms with van der Waals surface area (Å²) < 4.78 is 0. The molecule has 0 atom stereocenters. The molecule has 0 radical (unpaired) electrons. The summed E-state index contributed by atoms with van der Waals surface area (Å²) in [5.74, 6) is 0.979. The number of hydrogen-bond acceptors (Lipinski definition) is 2. The van der Waals surface area contributed by atoms with Crippen LogP contribution in [0.15, 0.2) is 0 Å². The van der Waals surface area contributed by atoms with Crippen molar-refractivity contribution in [1.82, 2.24) is 9.80 Å². The van der Waals surface area contributed by atoms with Crippen LogP contribution in [0.25, 0.3) is 0 Å². The van der Waals surface area contributed by atoms with Crippen LogP contribution in [0.3, 0.4) is 0 Å². The van der Waals surface area contributed by atoms with Crippen LogP contribution in [-0.2, 0) is 4.79 Å². The molecule has 3 nitrogen and oxygen atoms in total. The molecule has 0 spiro atoms. The predicted octanol–water partition coefficient (Wildman–Crippen LogP) is 1.73. The van der Waals surface area contributed by atoms with Crippen LogP contribution in [0.4, 0.5) is 0 Å². The summed E-state index contributed by atoms with van der Waals surface area (Å²) in [6.45, 7) is 6.34. The van der Waals surface area contributed by atoms with E-state index in [0.717, 1.165) is 44.5 Å². The maximum absolute atomic E-state index is 10.6. The number of rotatable bonds is 3. The second-order valence-electron chi connectivity index (χ2n) is 5.26. The number of amides is 1. The molecule has 1 saturated carbocycles. The van der Waals surface area contributed by atoms with Crippen molar-refractivity contribution < 1.29 is 4.79 Å². The molecule has 0 N–H and O–H groups in total. The molecule has 3 heteroatoms. The molecule has 2 fully saturated rings. The second-order valence-corrected chi connectivity index (χ2v) is 5.26. The Bertz CT molecular complexity index is 216. The van der Waals surface area contributed by atoms with Gasteiger partial charge in [-0.15, -0.1) is 0 Å². The van der Waals surface area contributed by atoms with E-state index < -0.39 is 0 Å². The monoisotopic (exact) mass is 224 g/mol. The maximum atomic E-state index is 10.6. The van der Waals surface area contributed by atoms with Crippen LogP contribution >= 0.6 is 0 Å². The molecule has 1 aliphatic heterocycles. The van der Waals surface area contributed by atoms with Crippen LogP contribution in [0.5, 0.6) is 0 Å². The van der Waals surface area contributed by atoms with Gasteiger partial charge in [0, 0.05) is 32.2 Å². The van der Waals surface area contributed by atoms with Gasteiger partial charge in [-0.2, -0.15) is 0 Å². The lowest BCUT2D eigenvalue weighted by Gasteiger charge is -2.41. The highest BCUT2D eigenvalue weighted by molar-refractivity contribution is 5.47. The quantitative estimate of drug-likeness (QED) is 0.682. The minimum absolute atomic E-state index is 0.802. The molecule has 1 amide bonds. The Labute approximate surface area is 98.8 Å². The molecule has 0 aromatic rings. The zero-order valence-corrected chi connectivity index (χ0v) is 10.4. The fourth-order valence-corrected chi connectivity index (χ4v) is 3.13. The third-order valence-electron chi connectivity index (χ3n) is 4.41. The van der Waals surface area contributed by atoms with Gasteiger partial charge in [-0.05, 0) is 31.6 Å². The maximum Gasteiger partial charge on any atom is 0.209 e. The summed E-state index contributed by atoms with van der Waals surface area (Å²) in [4.78, 5) is 15.1. The topological polar surface area (TPSA) is 23.6 Å². The summed E-state index contributed by atoms with van der Waals surface area (Å²) in [6, 6.07) is 0.802. The SMILES string of the molecule is CCC1CCC(N2CCN(C=O)CC2)CC1. The molecule has 1 aliphatic carbocycles. The fourth-order valence-electron chi connectivity index (χ4n) is 3.13. The van der Waals surface area contributed by atoms with Crippen LogP contribution in [0, 0.1) is 5.92 Å². The molecule has 0 bridgehead atoms. The zero-order chi connectivity index (χ0) is 11.4. The largest absolute Gasteiger partial charge is 0.343 e. The zero-order valence-electron chi connectivity index (χ0n) is 10.4. The minimum Gasteiger partial charge on any atom is -0.343 e. The number of hydrogen-bond donors (Lipinski definition) is 0. The van der Waals surface area contributed by atoms with E-state index in [2.05, 4.69) is 11.8 Å². The van der Waals surface area contributed by atoms with Crippen molar-refractivity contribution in [3.63, 3.8) is 0 Å². The molecule has 1 saturated heterocycles. The smallest absolute Gasteiger partial charge is 0.209 e. The Hall–Kier alpha value is -0.570. The first-order valence-corrected chi connectivity index (χ1v) is 6.77. The van der Waals surface area contributed by atoms with Crippen molar-refractivity contribution in [2.24, 2.45) is 5.92 Å². The van der Waals surface area contributed by atoms with Crippen molar-refractivity contribution in [1.29, 1.82) is 0 Å². The van der Waals surface area contributed by atoms with E-state index in [0.29, 0.717) is 0 Å². The second kappa shape index (κ2) is 5.67. The van der Waals surface area contributed by atoms with Gasteiger partial charge in [0.2, 0.25) is 6.41 Å². The van der Waals surface area contributed by atoms with Gasteiger partial charge in [0.1, 0.15) is 0 Å². The van der Waals surface area contributed by atoms with Crippen molar-refractivity contribution in [2.45, 2.75) is 45.1 Å². The van der Waals surface area contributed by atoms with Gasteiger partial charge < -0.3 is 4.90 Å².